The highest BCUT2D eigenvalue weighted by Gasteiger charge is 2.26. The van der Waals surface area contributed by atoms with Gasteiger partial charge in [-0.25, -0.2) is 0 Å². The van der Waals surface area contributed by atoms with E-state index >= 15 is 0 Å². The number of hydrogen-bond donors (Lipinski definition) is 1. The molecule has 0 aliphatic heterocycles. The molecule has 1 aromatic heterocycles. The number of carbonyl (C=O) groups is 1. The van der Waals surface area contributed by atoms with Gasteiger partial charge in [0.25, 0.3) is 5.91 Å². The number of carbonyl (C=O) groups excluding carboxylic acids is 1. The van der Waals surface area contributed by atoms with Crippen molar-refractivity contribution in [3.8, 4) is 0 Å². The molecule has 0 saturated heterocycles. The number of aromatic nitrogens is 2. The number of rotatable bonds is 4. The molecule has 0 aliphatic carbocycles. The fourth-order valence-corrected chi connectivity index (χ4v) is 2.61. The van der Waals surface area contributed by atoms with Crippen molar-refractivity contribution in [1.29, 1.82) is 0 Å². The Kier molecular flexibility index (Phi) is 5.35. The maximum Gasteiger partial charge on any atom is 0.257 e. The van der Waals surface area contributed by atoms with Gasteiger partial charge in [-0.3, -0.25) is 9.48 Å². The second kappa shape index (κ2) is 6.95. The molecule has 1 heterocycles. The number of nitrogens with zero attached hydrogens (tertiary/aromatic N) is 3. The molecule has 1 amide bonds. The highest BCUT2D eigenvalue weighted by Crippen LogP contribution is 2.24. The largest absolute Gasteiger partial charge is 0.394 e. The van der Waals surface area contributed by atoms with Crippen LogP contribution in [0.4, 0.5) is 0 Å². The van der Waals surface area contributed by atoms with Crippen LogP contribution in [0.15, 0.2) is 30.5 Å². The SMILES string of the molecule is Cc1nn(C(C)(C)C)cc1C(=O)N(C)C(CO)c1ccc(Cl)cc1. The highest BCUT2D eigenvalue weighted by atomic mass is 35.5. The molecule has 0 bridgehead atoms. The summed E-state index contributed by atoms with van der Waals surface area (Å²) in [5.41, 5.74) is 1.85. The maximum absolute atomic E-state index is 12.9. The molecule has 1 aromatic carbocycles. The van der Waals surface area contributed by atoms with Gasteiger partial charge in [0.15, 0.2) is 0 Å². The first-order valence-corrected chi connectivity index (χ1v) is 8.23. The van der Waals surface area contributed by atoms with Gasteiger partial charge in [-0.1, -0.05) is 23.7 Å². The lowest BCUT2D eigenvalue weighted by Crippen LogP contribution is -2.33. The van der Waals surface area contributed by atoms with Crippen LogP contribution in [0.1, 0.15) is 48.4 Å². The van der Waals surface area contributed by atoms with Crippen LogP contribution < -0.4 is 0 Å². The smallest absolute Gasteiger partial charge is 0.257 e. The van der Waals surface area contributed by atoms with E-state index in [0.29, 0.717) is 16.3 Å². The molecule has 2 aromatic rings. The molecule has 1 unspecified atom stereocenters. The van der Waals surface area contributed by atoms with E-state index in [4.69, 9.17) is 11.6 Å². The normalized spacial score (nSPS) is 13.0. The Bertz CT molecular complexity index is 717. The van der Waals surface area contributed by atoms with E-state index in [2.05, 4.69) is 5.10 Å². The van der Waals surface area contributed by atoms with E-state index < -0.39 is 6.04 Å². The zero-order valence-corrected chi connectivity index (χ0v) is 15.5. The van der Waals surface area contributed by atoms with Crippen LogP contribution in [0.2, 0.25) is 5.02 Å². The molecule has 24 heavy (non-hydrogen) atoms. The van der Waals surface area contributed by atoms with E-state index in [-0.39, 0.29) is 18.1 Å². The van der Waals surface area contributed by atoms with Gasteiger partial charge in [-0.15, -0.1) is 0 Å². The first kappa shape index (κ1) is 18.5. The third-order valence-electron chi connectivity index (χ3n) is 4.03. The molecule has 130 valence electrons. The molecule has 1 N–H and O–H groups in total. The minimum atomic E-state index is -0.438. The molecule has 5 nitrogen and oxygen atoms in total. The summed E-state index contributed by atoms with van der Waals surface area (Å²) < 4.78 is 1.79. The van der Waals surface area contributed by atoms with Crippen LogP contribution in [-0.2, 0) is 5.54 Å². The van der Waals surface area contributed by atoms with Crippen molar-refractivity contribution in [2.24, 2.45) is 0 Å². The number of halogens is 1. The summed E-state index contributed by atoms with van der Waals surface area (Å²) in [6, 6.07) is 6.70. The molecule has 0 saturated carbocycles. The Labute approximate surface area is 147 Å². The van der Waals surface area contributed by atoms with E-state index in [0.717, 1.165) is 5.56 Å². The monoisotopic (exact) mass is 349 g/mol. The third-order valence-corrected chi connectivity index (χ3v) is 4.28. The molecule has 0 spiro atoms. The van der Waals surface area contributed by atoms with Crippen molar-refractivity contribution in [2.45, 2.75) is 39.3 Å². The van der Waals surface area contributed by atoms with Crippen LogP contribution >= 0.6 is 11.6 Å². The summed E-state index contributed by atoms with van der Waals surface area (Å²) in [6.07, 6.45) is 1.77. The van der Waals surface area contributed by atoms with Crippen molar-refractivity contribution in [2.75, 3.05) is 13.7 Å². The van der Waals surface area contributed by atoms with Gasteiger partial charge in [0.2, 0.25) is 0 Å². The highest BCUT2D eigenvalue weighted by molar-refractivity contribution is 6.30. The fourth-order valence-electron chi connectivity index (χ4n) is 2.48. The zero-order valence-electron chi connectivity index (χ0n) is 14.7. The second-order valence-electron chi connectivity index (χ2n) is 6.91. The molecule has 6 heteroatoms. The molecular weight excluding hydrogens is 326 g/mol. The van der Waals surface area contributed by atoms with Crippen LogP contribution in [0.25, 0.3) is 0 Å². The van der Waals surface area contributed by atoms with E-state index in [1.165, 1.54) is 0 Å². The molecule has 1 atom stereocenters. The molecule has 0 radical (unpaired) electrons. The first-order chi connectivity index (χ1) is 11.1. The first-order valence-electron chi connectivity index (χ1n) is 7.85. The summed E-state index contributed by atoms with van der Waals surface area (Å²) in [4.78, 5) is 14.4. The Morgan fingerprint density at radius 3 is 2.38 bits per heavy atom. The van der Waals surface area contributed by atoms with Gasteiger partial charge in [0, 0.05) is 18.3 Å². The topological polar surface area (TPSA) is 58.4 Å². The van der Waals surface area contributed by atoms with Crippen LogP contribution in [0.5, 0.6) is 0 Å². The Balaban J connectivity index is 2.31. The number of amides is 1. The maximum atomic E-state index is 12.9. The number of aryl methyl sites for hydroxylation is 1. The Hall–Kier alpha value is -1.85. The van der Waals surface area contributed by atoms with Crippen molar-refractivity contribution in [3.63, 3.8) is 0 Å². The minimum Gasteiger partial charge on any atom is -0.394 e. The summed E-state index contributed by atoms with van der Waals surface area (Å²) in [5, 5.41) is 14.8. The standard InChI is InChI=1S/C18H24ClN3O2/c1-12-15(10-22(20-12)18(2,3)4)17(24)21(5)16(11-23)13-6-8-14(19)9-7-13/h6-10,16,23H,11H2,1-5H3. The number of aliphatic hydroxyl groups excluding tert-OH is 1. The average Bonchev–Trinajstić information content (AvgIpc) is 2.91. The molecule has 0 aliphatic rings. The quantitative estimate of drug-likeness (QED) is 0.920. The molecule has 0 fully saturated rings. The van der Waals surface area contributed by atoms with Gasteiger partial charge in [-0.2, -0.15) is 5.10 Å². The second-order valence-corrected chi connectivity index (χ2v) is 7.35. The lowest BCUT2D eigenvalue weighted by atomic mass is 10.1. The number of hydrogen-bond acceptors (Lipinski definition) is 3. The summed E-state index contributed by atoms with van der Waals surface area (Å²) in [5.74, 6) is -0.169. The summed E-state index contributed by atoms with van der Waals surface area (Å²) in [6.45, 7) is 7.74. The zero-order chi connectivity index (χ0) is 18.1. The fraction of sp³-hybridized carbons (Fsp3) is 0.444. The van der Waals surface area contributed by atoms with E-state index in [1.54, 1.807) is 35.0 Å². The Morgan fingerprint density at radius 2 is 1.92 bits per heavy atom. The van der Waals surface area contributed by atoms with E-state index in [1.807, 2.05) is 39.8 Å². The predicted molar refractivity (Wildman–Crippen MR) is 95.3 cm³/mol. The average molecular weight is 350 g/mol. The van der Waals surface area contributed by atoms with Gasteiger partial charge in [0.05, 0.1) is 29.4 Å². The Morgan fingerprint density at radius 1 is 1.33 bits per heavy atom. The minimum absolute atomic E-state index is 0.169. The van der Waals surface area contributed by atoms with Crippen molar-refractivity contribution in [1.82, 2.24) is 14.7 Å². The lowest BCUT2D eigenvalue weighted by molar-refractivity contribution is 0.0657. The van der Waals surface area contributed by atoms with Crippen LogP contribution in [0, 0.1) is 6.92 Å². The van der Waals surface area contributed by atoms with Gasteiger partial charge >= 0.3 is 0 Å². The van der Waals surface area contributed by atoms with Crippen molar-refractivity contribution < 1.29 is 9.90 Å². The molecular formula is C18H24ClN3O2. The third kappa shape index (κ3) is 3.79. The van der Waals surface area contributed by atoms with Crippen molar-refractivity contribution in [3.05, 3.63) is 52.3 Å². The number of benzene rings is 1. The van der Waals surface area contributed by atoms with Gasteiger partial charge < -0.3 is 10.0 Å². The van der Waals surface area contributed by atoms with Crippen LogP contribution in [0.3, 0.4) is 0 Å². The lowest BCUT2D eigenvalue weighted by Gasteiger charge is -2.27. The van der Waals surface area contributed by atoms with Gasteiger partial charge in [-0.05, 0) is 45.4 Å². The molecule has 2 rings (SSSR count). The van der Waals surface area contributed by atoms with E-state index in [9.17, 15) is 9.90 Å². The van der Waals surface area contributed by atoms with Crippen molar-refractivity contribution >= 4 is 17.5 Å². The van der Waals surface area contributed by atoms with Gasteiger partial charge in [0.1, 0.15) is 0 Å². The summed E-state index contributed by atoms with van der Waals surface area (Å²) in [7, 11) is 1.69. The number of likely N-dealkylation sites (N-methyl/N-ethyl adjacent to an activating group) is 1. The van der Waals surface area contributed by atoms with Crippen LogP contribution in [-0.4, -0.2) is 39.3 Å². The summed E-state index contributed by atoms with van der Waals surface area (Å²) >= 11 is 5.91. The number of aliphatic hydroxyl groups is 1. The predicted octanol–water partition coefficient (Wildman–Crippen LogP) is 3.41.